The highest BCUT2D eigenvalue weighted by Crippen LogP contribution is 2.18. The summed E-state index contributed by atoms with van der Waals surface area (Å²) in [4.78, 5) is 0. The van der Waals surface area contributed by atoms with E-state index in [1.165, 1.54) is 10.6 Å². The molecule has 0 unspecified atom stereocenters. The lowest BCUT2D eigenvalue weighted by Crippen LogP contribution is -1.99. The molecule has 1 heterocycles. The van der Waals surface area contributed by atoms with Crippen molar-refractivity contribution in [1.29, 1.82) is 0 Å². The van der Waals surface area contributed by atoms with E-state index in [0.29, 0.717) is 11.5 Å². The number of halogens is 2. The largest absolute Gasteiger partial charge is 0.267 e. The zero-order valence-electron chi connectivity index (χ0n) is 7.41. The average molecular weight is 212 g/mol. The van der Waals surface area contributed by atoms with Crippen molar-refractivity contribution in [2.45, 2.75) is 6.92 Å². The van der Waals surface area contributed by atoms with Crippen LogP contribution in [0.15, 0.2) is 24.3 Å². The number of nitrogens with zero attached hydrogens (tertiary/aromatic N) is 3. The summed E-state index contributed by atoms with van der Waals surface area (Å²) in [5, 5.41) is 7.55. The minimum atomic E-state index is -0.350. The maximum absolute atomic E-state index is 13.4. The Kier molecular flexibility index (Phi) is 2.21. The van der Waals surface area contributed by atoms with E-state index in [1.54, 1.807) is 25.1 Å². The molecule has 1 aromatic heterocycles. The first kappa shape index (κ1) is 9.15. The number of para-hydroxylation sites is 1. The van der Waals surface area contributed by atoms with Crippen molar-refractivity contribution in [2.24, 2.45) is 0 Å². The van der Waals surface area contributed by atoms with Crippen LogP contribution in [0.3, 0.4) is 0 Å². The van der Waals surface area contributed by atoms with E-state index in [9.17, 15) is 4.39 Å². The molecule has 0 saturated heterocycles. The van der Waals surface area contributed by atoms with Crippen LogP contribution in [0.1, 0.15) is 5.82 Å². The highest BCUT2D eigenvalue weighted by atomic mass is 35.5. The molecule has 2 aromatic rings. The lowest BCUT2D eigenvalue weighted by molar-refractivity contribution is 0.616. The van der Waals surface area contributed by atoms with Crippen molar-refractivity contribution in [3.05, 3.63) is 41.2 Å². The van der Waals surface area contributed by atoms with Crippen LogP contribution in [0.5, 0.6) is 0 Å². The second-order valence-electron chi connectivity index (χ2n) is 2.80. The van der Waals surface area contributed by atoms with Crippen LogP contribution in [0.4, 0.5) is 4.39 Å². The summed E-state index contributed by atoms with van der Waals surface area (Å²) < 4.78 is 14.8. The number of aromatic nitrogens is 3. The average Bonchev–Trinajstić information content (AvgIpc) is 2.48. The maximum atomic E-state index is 13.4. The Morgan fingerprint density at radius 1 is 1.29 bits per heavy atom. The van der Waals surface area contributed by atoms with Crippen molar-refractivity contribution >= 4 is 11.6 Å². The van der Waals surface area contributed by atoms with Crippen LogP contribution in [0, 0.1) is 12.7 Å². The Bertz CT molecular complexity index is 447. The second-order valence-corrected chi connectivity index (χ2v) is 3.14. The van der Waals surface area contributed by atoms with E-state index in [2.05, 4.69) is 10.2 Å². The molecule has 72 valence electrons. The Morgan fingerprint density at radius 2 is 2.00 bits per heavy atom. The highest BCUT2D eigenvalue weighted by Gasteiger charge is 2.11. The van der Waals surface area contributed by atoms with Gasteiger partial charge in [0.05, 0.1) is 5.69 Å². The summed E-state index contributed by atoms with van der Waals surface area (Å²) in [7, 11) is 0. The van der Waals surface area contributed by atoms with E-state index >= 15 is 0 Å². The van der Waals surface area contributed by atoms with Gasteiger partial charge in [-0.05, 0) is 30.7 Å². The standard InChI is InChI=1S/C9H7ClFN3/c1-6-12-13-9(10)14(6)8-5-3-2-4-7(8)11/h2-5H,1H3. The molecule has 3 nitrogen and oxygen atoms in total. The number of benzene rings is 1. The molecule has 0 bridgehead atoms. The normalized spacial score (nSPS) is 10.5. The molecule has 0 atom stereocenters. The van der Waals surface area contributed by atoms with E-state index in [1.807, 2.05) is 0 Å². The van der Waals surface area contributed by atoms with Crippen LogP contribution in [-0.4, -0.2) is 14.8 Å². The number of hydrogen-bond acceptors (Lipinski definition) is 2. The summed E-state index contributed by atoms with van der Waals surface area (Å²) in [6, 6.07) is 6.34. The molecule has 0 saturated carbocycles. The van der Waals surface area contributed by atoms with Gasteiger partial charge < -0.3 is 0 Å². The van der Waals surface area contributed by atoms with Gasteiger partial charge >= 0.3 is 0 Å². The predicted molar refractivity (Wildman–Crippen MR) is 51.1 cm³/mol. The zero-order valence-corrected chi connectivity index (χ0v) is 8.16. The molecule has 0 aliphatic rings. The molecule has 0 amide bonds. The Balaban J connectivity index is 2.66. The van der Waals surface area contributed by atoms with Gasteiger partial charge in [0.15, 0.2) is 0 Å². The fourth-order valence-corrected chi connectivity index (χ4v) is 1.49. The van der Waals surface area contributed by atoms with E-state index < -0.39 is 0 Å². The maximum Gasteiger partial charge on any atom is 0.229 e. The van der Waals surface area contributed by atoms with Crippen LogP contribution >= 0.6 is 11.6 Å². The fraction of sp³-hybridized carbons (Fsp3) is 0.111. The van der Waals surface area contributed by atoms with Gasteiger partial charge in [0.1, 0.15) is 11.6 Å². The van der Waals surface area contributed by atoms with Crippen molar-refractivity contribution in [3.63, 3.8) is 0 Å². The zero-order chi connectivity index (χ0) is 10.1. The number of rotatable bonds is 1. The fourth-order valence-electron chi connectivity index (χ4n) is 1.24. The van der Waals surface area contributed by atoms with Gasteiger partial charge in [-0.25, -0.2) is 4.39 Å². The Morgan fingerprint density at radius 3 is 2.57 bits per heavy atom. The van der Waals surface area contributed by atoms with E-state index in [-0.39, 0.29) is 11.1 Å². The van der Waals surface area contributed by atoms with Gasteiger partial charge in [-0.3, -0.25) is 4.57 Å². The summed E-state index contributed by atoms with van der Waals surface area (Å²) in [6.45, 7) is 1.71. The van der Waals surface area contributed by atoms with Gasteiger partial charge in [0.2, 0.25) is 5.28 Å². The summed E-state index contributed by atoms with van der Waals surface area (Å²) in [6.07, 6.45) is 0. The first-order valence-electron chi connectivity index (χ1n) is 4.02. The minimum absolute atomic E-state index is 0.160. The third kappa shape index (κ3) is 1.37. The smallest absolute Gasteiger partial charge is 0.229 e. The summed E-state index contributed by atoms with van der Waals surface area (Å²) in [5.41, 5.74) is 0.361. The molecule has 2 rings (SSSR count). The van der Waals surface area contributed by atoms with Crippen LogP contribution < -0.4 is 0 Å². The molecular formula is C9H7ClFN3. The van der Waals surface area contributed by atoms with Crippen molar-refractivity contribution in [3.8, 4) is 5.69 Å². The molecule has 0 radical (unpaired) electrons. The SMILES string of the molecule is Cc1nnc(Cl)n1-c1ccccc1F. The molecule has 0 aliphatic carbocycles. The predicted octanol–water partition coefficient (Wildman–Crippen LogP) is 2.37. The van der Waals surface area contributed by atoms with Gasteiger partial charge in [0.25, 0.3) is 0 Å². The lowest BCUT2D eigenvalue weighted by atomic mass is 10.3. The Labute approximate surface area is 85.1 Å². The lowest BCUT2D eigenvalue weighted by Gasteiger charge is -2.05. The van der Waals surface area contributed by atoms with Gasteiger partial charge in [-0.1, -0.05) is 12.1 Å². The van der Waals surface area contributed by atoms with Crippen LogP contribution in [0.2, 0.25) is 5.28 Å². The van der Waals surface area contributed by atoms with Crippen molar-refractivity contribution in [1.82, 2.24) is 14.8 Å². The number of aryl methyl sites for hydroxylation is 1. The number of hydrogen-bond donors (Lipinski definition) is 0. The molecule has 1 aromatic carbocycles. The van der Waals surface area contributed by atoms with Crippen LogP contribution in [-0.2, 0) is 0 Å². The molecule has 0 N–H and O–H groups in total. The van der Waals surface area contributed by atoms with Crippen molar-refractivity contribution in [2.75, 3.05) is 0 Å². The first-order chi connectivity index (χ1) is 6.70. The molecule has 0 spiro atoms. The monoisotopic (exact) mass is 211 g/mol. The quantitative estimate of drug-likeness (QED) is 0.725. The van der Waals surface area contributed by atoms with Gasteiger partial charge in [0, 0.05) is 0 Å². The Hall–Kier alpha value is -1.42. The molecule has 0 aliphatic heterocycles. The van der Waals surface area contributed by atoms with Crippen molar-refractivity contribution < 1.29 is 4.39 Å². The third-order valence-electron chi connectivity index (χ3n) is 1.88. The summed E-state index contributed by atoms with van der Waals surface area (Å²) >= 11 is 5.77. The highest BCUT2D eigenvalue weighted by molar-refractivity contribution is 6.28. The van der Waals surface area contributed by atoms with Gasteiger partial charge in [-0.2, -0.15) is 0 Å². The molecule has 5 heteroatoms. The van der Waals surface area contributed by atoms with Gasteiger partial charge in [-0.15, -0.1) is 10.2 Å². The molecule has 14 heavy (non-hydrogen) atoms. The summed E-state index contributed by atoms with van der Waals surface area (Å²) in [5.74, 6) is 0.206. The second kappa shape index (κ2) is 3.38. The molecule has 0 fully saturated rings. The molecular weight excluding hydrogens is 205 g/mol. The van der Waals surface area contributed by atoms with E-state index in [4.69, 9.17) is 11.6 Å². The van der Waals surface area contributed by atoms with Crippen LogP contribution in [0.25, 0.3) is 5.69 Å². The third-order valence-corrected chi connectivity index (χ3v) is 2.12. The topological polar surface area (TPSA) is 30.7 Å². The minimum Gasteiger partial charge on any atom is -0.267 e. The van der Waals surface area contributed by atoms with E-state index in [0.717, 1.165) is 0 Å². The first-order valence-corrected chi connectivity index (χ1v) is 4.40.